The minimum atomic E-state index is -0.0284. The summed E-state index contributed by atoms with van der Waals surface area (Å²) in [4.78, 5) is 24.1. The minimum absolute atomic E-state index is 0.00556. The maximum atomic E-state index is 11.5. The molecule has 13 heavy (non-hydrogen) atoms. The van der Waals surface area contributed by atoms with Crippen molar-refractivity contribution in [3.63, 3.8) is 0 Å². The third-order valence-electron chi connectivity index (χ3n) is 2.33. The molecule has 0 saturated carbocycles. The van der Waals surface area contributed by atoms with Crippen LogP contribution in [0.3, 0.4) is 0 Å². The van der Waals surface area contributed by atoms with Crippen molar-refractivity contribution in [2.75, 3.05) is 20.1 Å². The van der Waals surface area contributed by atoms with Crippen molar-refractivity contribution < 1.29 is 9.59 Å². The highest BCUT2D eigenvalue weighted by atomic mass is 16.2. The van der Waals surface area contributed by atoms with Gasteiger partial charge in [-0.05, 0) is 33.4 Å². The van der Waals surface area contributed by atoms with Crippen LogP contribution in [0.15, 0.2) is 0 Å². The quantitative estimate of drug-likeness (QED) is 0.660. The highest BCUT2D eigenvalue weighted by Gasteiger charge is 2.27. The van der Waals surface area contributed by atoms with Gasteiger partial charge in [0.1, 0.15) is 5.78 Å². The fourth-order valence-electron chi connectivity index (χ4n) is 1.57. The van der Waals surface area contributed by atoms with E-state index in [1.54, 1.807) is 0 Å². The summed E-state index contributed by atoms with van der Waals surface area (Å²) in [6, 6.07) is -0.0284. The van der Waals surface area contributed by atoms with Gasteiger partial charge in [-0.15, -0.1) is 0 Å². The normalized spacial score (nSPS) is 23.1. The molecule has 1 rings (SSSR count). The Morgan fingerprint density at radius 2 is 2.23 bits per heavy atom. The third-order valence-corrected chi connectivity index (χ3v) is 2.33. The van der Waals surface area contributed by atoms with E-state index in [4.69, 9.17) is 0 Å². The van der Waals surface area contributed by atoms with E-state index in [9.17, 15) is 9.59 Å². The average molecular weight is 184 g/mol. The largest absolute Gasteiger partial charge is 0.348 e. The molecular weight excluding hydrogens is 168 g/mol. The summed E-state index contributed by atoms with van der Waals surface area (Å²) in [6.07, 6.45) is 1.97. The van der Waals surface area contributed by atoms with Crippen LogP contribution < -0.4 is 5.32 Å². The summed E-state index contributed by atoms with van der Waals surface area (Å²) < 4.78 is 0. The summed E-state index contributed by atoms with van der Waals surface area (Å²) >= 11 is 0. The number of likely N-dealkylation sites (N-methyl/N-ethyl adjacent to an activating group) is 1. The second kappa shape index (κ2) is 4.37. The average Bonchev–Trinajstić information content (AvgIpc) is 2.47. The van der Waals surface area contributed by atoms with Gasteiger partial charge in [-0.1, -0.05) is 0 Å². The Bertz CT molecular complexity index is 216. The lowest BCUT2D eigenvalue weighted by Crippen LogP contribution is -2.42. The van der Waals surface area contributed by atoms with Crippen molar-refractivity contribution in [3.8, 4) is 0 Å². The Labute approximate surface area is 78.3 Å². The standard InChI is InChI=1S/C9H16N2O2/c1-7(12)6-10-9(13)8-4-3-5-11(8)2/h8H,3-6H2,1-2H3,(H,10,13). The molecule has 1 unspecified atom stereocenters. The van der Waals surface area contributed by atoms with Gasteiger partial charge in [-0.2, -0.15) is 0 Å². The van der Waals surface area contributed by atoms with Gasteiger partial charge in [0, 0.05) is 0 Å². The van der Waals surface area contributed by atoms with Gasteiger partial charge in [0.05, 0.1) is 12.6 Å². The molecule has 4 heteroatoms. The number of likely N-dealkylation sites (tertiary alicyclic amines) is 1. The molecule has 4 nitrogen and oxygen atoms in total. The first-order valence-electron chi connectivity index (χ1n) is 4.58. The Morgan fingerprint density at radius 1 is 1.54 bits per heavy atom. The van der Waals surface area contributed by atoms with Crippen molar-refractivity contribution in [2.24, 2.45) is 0 Å². The third kappa shape index (κ3) is 2.81. The van der Waals surface area contributed by atoms with Gasteiger partial charge < -0.3 is 5.32 Å². The number of amides is 1. The number of nitrogens with zero attached hydrogens (tertiary/aromatic N) is 1. The minimum Gasteiger partial charge on any atom is -0.348 e. The van der Waals surface area contributed by atoms with E-state index in [2.05, 4.69) is 5.32 Å². The summed E-state index contributed by atoms with van der Waals surface area (Å²) in [5.41, 5.74) is 0. The molecule has 1 atom stereocenters. The first-order chi connectivity index (χ1) is 6.11. The maximum Gasteiger partial charge on any atom is 0.237 e. The van der Waals surface area contributed by atoms with Crippen LogP contribution in [0.4, 0.5) is 0 Å². The van der Waals surface area contributed by atoms with E-state index in [0.717, 1.165) is 19.4 Å². The van der Waals surface area contributed by atoms with E-state index >= 15 is 0 Å². The van der Waals surface area contributed by atoms with Crippen molar-refractivity contribution in [1.29, 1.82) is 0 Å². The van der Waals surface area contributed by atoms with Gasteiger partial charge in [-0.25, -0.2) is 0 Å². The van der Waals surface area contributed by atoms with Gasteiger partial charge in [0.25, 0.3) is 0 Å². The summed E-state index contributed by atoms with van der Waals surface area (Å²) in [6.45, 7) is 2.60. The van der Waals surface area contributed by atoms with Crippen LogP contribution in [-0.2, 0) is 9.59 Å². The molecule has 0 aliphatic carbocycles. The molecule has 0 radical (unpaired) electrons. The van der Waals surface area contributed by atoms with Crippen LogP contribution in [0.5, 0.6) is 0 Å². The van der Waals surface area contributed by atoms with E-state index < -0.39 is 0 Å². The fraction of sp³-hybridized carbons (Fsp3) is 0.778. The molecule has 1 saturated heterocycles. The number of carbonyl (C=O) groups is 2. The number of hydrogen-bond acceptors (Lipinski definition) is 3. The van der Waals surface area contributed by atoms with Crippen LogP contribution in [-0.4, -0.2) is 42.8 Å². The van der Waals surface area contributed by atoms with Crippen molar-refractivity contribution >= 4 is 11.7 Å². The number of nitrogens with one attached hydrogen (secondary N) is 1. The van der Waals surface area contributed by atoms with Crippen LogP contribution in [0.1, 0.15) is 19.8 Å². The monoisotopic (exact) mass is 184 g/mol. The predicted octanol–water partition coefficient (Wildman–Crippen LogP) is -0.214. The second-order valence-corrected chi connectivity index (χ2v) is 3.56. The fourth-order valence-corrected chi connectivity index (χ4v) is 1.57. The Balaban J connectivity index is 2.34. The van der Waals surface area contributed by atoms with Gasteiger partial charge in [-0.3, -0.25) is 14.5 Å². The van der Waals surface area contributed by atoms with E-state index in [0.29, 0.717) is 0 Å². The lowest BCUT2D eigenvalue weighted by atomic mass is 10.2. The Hall–Kier alpha value is -0.900. The number of ketones is 1. The topological polar surface area (TPSA) is 49.4 Å². The summed E-state index contributed by atoms with van der Waals surface area (Å²) in [5.74, 6) is -0.0239. The van der Waals surface area contributed by atoms with Gasteiger partial charge in [0.2, 0.25) is 5.91 Å². The molecule has 0 aromatic rings. The maximum absolute atomic E-state index is 11.5. The number of carbonyl (C=O) groups excluding carboxylic acids is 2. The molecule has 0 aromatic heterocycles. The second-order valence-electron chi connectivity index (χ2n) is 3.56. The van der Waals surface area contributed by atoms with Crippen molar-refractivity contribution in [2.45, 2.75) is 25.8 Å². The number of rotatable bonds is 3. The molecule has 0 spiro atoms. The van der Waals surface area contributed by atoms with Crippen LogP contribution in [0.25, 0.3) is 0 Å². The van der Waals surface area contributed by atoms with Crippen molar-refractivity contribution in [3.05, 3.63) is 0 Å². The van der Waals surface area contributed by atoms with Crippen LogP contribution >= 0.6 is 0 Å². The molecular formula is C9H16N2O2. The molecule has 1 aliphatic rings. The molecule has 74 valence electrons. The zero-order valence-electron chi connectivity index (χ0n) is 8.17. The highest BCUT2D eigenvalue weighted by molar-refractivity contribution is 5.87. The molecule has 1 heterocycles. The molecule has 1 N–H and O–H groups in total. The molecule has 0 aromatic carbocycles. The summed E-state index contributed by atoms with van der Waals surface area (Å²) in [5, 5.41) is 2.62. The zero-order chi connectivity index (χ0) is 9.84. The number of Topliss-reactive ketones (excluding diaryl/α,β-unsaturated/α-hetero) is 1. The van der Waals surface area contributed by atoms with Gasteiger partial charge in [0.15, 0.2) is 0 Å². The molecule has 1 aliphatic heterocycles. The van der Waals surface area contributed by atoms with Gasteiger partial charge >= 0.3 is 0 Å². The van der Waals surface area contributed by atoms with Crippen LogP contribution in [0.2, 0.25) is 0 Å². The first kappa shape index (κ1) is 10.2. The highest BCUT2D eigenvalue weighted by Crippen LogP contribution is 2.14. The van der Waals surface area contributed by atoms with Crippen molar-refractivity contribution in [1.82, 2.24) is 10.2 Å². The first-order valence-corrected chi connectivity index (χ1v) is 4.58. The predicted molar refractivity (Wildman–Crippen MR) is 49.3 cm³/mol. The van der Waals surface area contributed by atoms with E-state index in [1.165, 1.54) is 6.92 Å². The lowest BCUT2D eigenvalue weighted by Gasteiger charge is -2.17. The van der Waals surface area contributed by atoms with E-state index in [-0.39, 0.29) is 24.3 Å². The SMILES string of the molecule is CC(=O)CNC(=O)C1CCCN1C. The smallest absolute Gasteiger partial charge is 0.237 e. The molecule has 1 amide bonds. The molecule has 1 fully saturated rings. The lowest BCUT2D eigenvalue weighted by molar-refractivity contribution is -0.127. The molecule has 0 bridgehead atoms. The van der Waals surface area contributed by atoms with Crippen LogP contribution in [0, 0.1) is 0 Å². The summed E-state index contributed by atoms with van der Waals surface area (Å²) in [7, 11) is 1.94. The Kier molecular flexibility index (Phi) is 3.42. The van der Waals surface area contributed by atoms with E-state index in [1.807, 2.05) is 11.9 Å². The zero-order valence-corrected chi connectivity index (χ0v) is 8.17. The number of hydrogen-bond donors (Lipinski definition) is 1. The Morgan fingerprint density at radius 3 is 2.69 bits per heavy atom.